The highest BCUT2D eigenvalue weighted by Gasteiger charge is 2.09. The molecule has 100 valence electrons. The molecule has 1 aromatic heterocycles. The van der Waals surface area contributed by atoms with E-state index in [0.717, 1.165) is 27.4 Å². The summed E-state index contributed by atoms with van der Waals surface area (Å²) in [6.45, 7) is 0. The van der Waals surface area contributed by atoms with Crippen LogP contribution < -0.4 is 5.56 Å². The van der Waals surface area contributed by atoms with E-state index < -0.39 is 0 Å². The van der Waals surface area contributed by atoms with Crippen LogP contribution in [0.15, 0.2) is 71.5 Å². The minimum absolute atomic E-state index is 0.157. The maximum absolute atomic E-state index is 12.1. The maximum Gasteiger partial charge on any atom is 0.272 e. The number of benzene rings is 3. The van der Waals surface area contributed by atoms with Gasteiger partial charge < -0.3 is 0 Å². The number of H-pyrrole nitrogens is 1. The quantitative estimate of drug-likeness (QED) is 0.536. The molecule has 3 nitrogen and oxygen atoms in total. The highest BCUT2D eigenvalue weighted by atomic mass is 16.1. The molecule has 0 aliphatic heterocycles. The Hall–Kier alpha value is -2.94. The second kappa shape index (κ2) is 4.56. The Morgan fingerprint density at radius 3 is 2.10 bits per heavy atom. The normalized spacial score (nSPS) is 11.0. The zero-order valence-electron chi connectivity index (χ0n) is 11.2. The number of aromatic amines is 1. The van der Waals surface area contributed by atoms with E-state index in [0.29, 0.717) is 5.39 Å². The predicted molar refractivity (Wildman–Crippen MR) is 85.3 cm³/mol. The molecule has 21 heavy (non-hydrogen) atoms. The summed E-state index contributed by atoms with van der Waals surface area (Å²) in [4.78, 5) is 12.1. The van der Waals surface area contributed by atoms with Crippen LogP contribution in [0.3, 0.4) is 0 Å². The van der Waals surface area contributed by atoms with Gasteiger partial charge in [-0.15, -0.1) is 0 Å². The van der Waals surface area contributed by atoms with Gasteiger partial charge in [-0.1, -0.05) is 54.6 Å². The number of hydrogen-bond donors (Lipinski definition) is 1. The van der Waals surface area contributed by atoms with Gasteiger partial charge in [0.25, 0.3) is 5.56 Å². The summed E-state index contributed by atoms with van der Waals surface area (Å²) in [5, 5.41) is 10.6. The maximum atomic E-state index is 12.1. The number of aromatic nitrogens is 2. The van der Waals surface area contributed by atoms with E-state index >= 15 is 0 Å². The number of rotatable bonds is 1. The van der Waals surface area contributed by atoms with E-state index in [4.69, 9.17) is 0 Å². The minimum atomic E-state index is -0.157. The second-order valence-electron chi connectivity index (χ2n) is 5.01. The van der Waals surface area contributed by atoms with Crippen LogP contribution in [-0.4, -0.2) is 10.2 Å². The molecule has 1 heterocycles. The van der Waals surface area contributed by atoms with Crippen LogP contribution in [0.5, 0.6) is 0 Å². The van der Waals surface area contributed by atoms with Crippen molar-refractivity contribution in [2.75, 3.05) is 0 Å². The minimum Gasteiger partial charge on any atom is -0.267 e. The van der Waals surface area contributed by atoms with Crippen LogP contribution in [-0.2, 0) is 0 Å². The first-order chi connectivity index (χ1) is 10.3. The van der Waals surface area contributed by atoms with Gasteiger partial charge >= 0.3 is 0 Å². The van der Waals surface area contributed by atoms with E-state index in [1.807, 2.05) is 66.7 Å². The van der Waals surface area contributed by atoms with Crippen LogP contribution in [0.4, 0.5) is 0 Å². The molecule has 0 spiro atoms. The second-order valence-corrected chi connectivity index (χ2v) is 5.01. The van der Waals surface area contributed by atoms with E-state index in [2.05, 4.69) is 10.2 Å². The summed E-state index contributed by atoms with van der Waals surface area (Å²) >= 11 is 0. The topological polar surface area (TPSA) is 45.8 Å². The van der Waals surface area contributed by atoms with Crippen LogP contribution in [0.2, 0.25) is 0 Å². The molecule has 4 rings (SSSR count). The summed E-state index contributed by atoms with van der Waals surface area (Å²) in [6.07, 6.45) is 0. The summed E-state index contributed by atoms with van der Waals surface area (Å²) in [5.74, 6) is 0. The number of nitrogens with zero attached hydrogens (tertiary/aromatic N) is 1. The van der Waals surface area contributed by atoms with Crippen molar-refractivity contribution in [3.05, 3.63) is 77.1 Å². The van der Waals surface area contributed by atoms with Gasteiger partial charge in [0.05, 0.1) is 11.1 Å². The Bertz CT molecular complexity index is 1000. The third-order valence-corrected chi connectivity index (χ3v) is 3.70. The standard InChI is InChI=1S/C18H12N2O/c21-18-16-11-14-9-5-4-8-13(14)10-15(16)17(19-20-18)12-6-2-1-3-7-12/h1-11H,(H,20,21). The van der Waals surface area contributed by atoms with E-state index in [-0.39, 0.29) is 5.56 Å². The molecule has 3 heteroatoms. The van der Waals surface area contributed by atoms with Gasteiger partial charge in [-0.2, -0.15) is 5.10 Å². The molecular weight excluding hydrogens is 260 g/mol. The first kappa shape index (κ1) is 11.9. The molecule has 3 aromatic carbocycles. The number of hydrogen-bond acceptors (Lipinski definition) is 2. The molecule has 0 fully saturated rings. The summed E-state index contributed by atoms with van der Waals surface area (Å²) in [7, 11) is 0. The molecule has 0 bridgehead atoms. The highest BCUT2D eigenvalue weighted by molar-refractivity contribution is 6.03. The molecule has 0 saturated heterocycles. The molecule has 0 unspecified atom stereocenters. The van der Waals surface area contributed by atoms with Gasteiger partial charge in [0.1, 0.15) is 0 Å². The van der Waals surface area contributed by atoms with Crippen molar-refractivity contribution in [2.24, 2.45) is 0 Å². The van der Waals surface area contributed by atoms with Crippen molar-refractivity contribution in [1.82, 2.24) is 10.2 Å². The largest absolute Gasteiger partial charge is 0.272 e. The summed E-state index contributed by atoms with van der Waals surface area (Å²) in [5.41, 5.74) is 1.64. The average Bonchev–Trinajstić information content (AvgIpc) is 2.55. The monoisotopic (exact) mass is 272 g/mol. The average molecular weight is 272 g/mol. The van der Waals surface area contributed by atoms with Gasteiger partial charge in [-0.25, -0.2) is 5.10 Å². The van der Waals surface area contributed by atoms with Crippen molar-refractivity contribution in [2.45, 2.75) is 0 Å². The molecule has 0 aliphatic carbocycles. The Morgan fingerprint density at radius 1 is 0.762 bits per heavy atom. The molecule has 0 amide bonds. The fourth-order valence-corrected chi connectivity index (χ4v) is 2.67. The molecule has 0 saturated carbocycles. The van der Waals surface area contributed by atoms with Crippen molar-refractivity contribution in [3.63, 3.8) is 0 Å². The number of fused-ring (bicyclic) bond motifs is 2. The third-order valence-electron chi connectivity index (χ3n) is 3.70. The molecule has 1 N–H and O–H groups in total. The lowest BCUT2D eigenvalue weighted by Gasteiger charge is -2.07. The first-order valence-corrected chi connectivity index (χ1v) is 6.79. The number of nitrogens with one attached hydrogen (secondary N) is 1. The lowest BCUT2D eigenvalue weighted by molar-refractivity contribution is 1.02. The van der Waals surface area contributed by atoms with Crippen LogP contribution >= 0.6 is 0 Å². The van der Waals surface area contributed by atoms with Crippen LogP contribution in [0.1, 0.15) is 0 Å². The summed E-state index contributed by atoms with van der Waals surface area (Å²) < 4.78 is 0. The van der Waals surface area contributed by atoms with Crippen molar-refractivity contribution < 1.29 is 0 Å². The lowest BCUT2D eigenvalue weighted by Crippen LogP contribution is -2.09. The van der Waals surface area contributed by atoms with Crippen molar-refractivity contribution in [1.29, 1.82) is 0 Å². The van der Waals surface area contributed by atoms with Gasteiger partial charge in [-0.3, -0.25) is 4.79 Å². The zero-order valence-corrected chi connectivity index (χ0v) is 11.2. The van der Waals surface area contributed by atoms with Crippen LogP contribution in [0, 0.1) is 0 Å². The Kier molecular flexibility index (Phi) is 2.57. The van der Waals surface area contributed by atoms with E-state index in [1.54, 1.807) is 0 Å². The smallest absolute Gasteiger partial charge is 0.267 e. The Morgan fingerprint density at radius 2 is 1.38 bits per heavy atom. The molecule has 0 aliphatic rings. The predicted octanol–water partition coefficient (Wildman–Crippen LogP) is 3.74. The van der Waals surface area contributed by atoms with Crippen LogP contribution in [0.25, 0.3) is 32.8 Å². The molecule has 0 radical (unpaired) electrons. The summed E-state index contributed by atoms with van der Waals surface area (Å²) in [6, 6.07) is 21.9. The highest BCUT2D eigenvalue weighted by Crippen LogP contribution is 2.27. The van der Waals surface area contributed by atoms with Gasteiger partial charge in [0.15, 0.2) is 0 Å². The fourth-order valence-electron chi connectivity index (χ4n) is 2.67. The van der Waals surface area contributed by atoms with Gasteiger partial charge in [-0.05, 0) is 22.9 Å². The Balaban J connectivity index is 2.16. The molecule has 0 atom stereocenters. The van der Waals surface area contributed by atoms with E-state index in [9.17, 15) is 4.79 Å². The SMILES string of the molecule is O=c1[nH]nc(-c2ccccc2)c2cc3ccccc3cc12. The van der Waals surface area contributed by atoms with Crippen molar-refractivity contribution >= 4 is 21.5 Å². The Labute approximate surface area is 120 Å². The zero-order chi connectivity index (χ0) is 14.2. The first-order valence-electron chi connectivity index (χ1n) is 6.79. The van der Waals surface area contributed by atoms with Gasteiger partial charge in [0, 0.05) is 10.9 Å². The lowest BCUT2D eigenvalue weighted by atomic mass is 10.0. The molecular formula is C18H12N2O. The van der Waals surface area contributed by atoms with E-state index in [1.165, 1.54) is 0 Å². The van der Waals surface area contributed by atoms with Gasteiger partial charge in [0.2, 0.25) is 0 Å². The fraction of sp³-hybridized carbons (Fsp3) is 0. The molecule has 4 aromatic rings. The van der Waals surface area contributed by atoms with Crippen molar-refractivity contribution in [3.8, 4) is 11.3 Å². The third kappa shape index (κ3) is 1.91.